The van der Waals surface area contributed by atoms with E-state index in [-0.39, 0.29) is 35.0 Å². The molecule has 0 aromatic rings. The molecule has 0 amide bonds. The summed E-state index contributed by atoms with van der Waals surface area (Å²) in [6.45, 7) is 9.47. The third kappa shape index (κ3) is 3.07. The fraction of sp³-hybridized carbons (Fsp3) is 0.960. The van der Waals surface area contributed by atoms with E-state index in [1.807, 2.05) is 13.8 Å². The van der Waals surface area contributed by atoms with E-state index in [0.717, 1.165) is 18.8 Å². The maximum absolute atomic E-state index is 12.4. The minimum Gasteiger partial charge on any atom is -0.390 e. The molecule has 4 fully saturated rings. The largest absolute Gasteiger partial charge is 0.390 e. The number of carbonyl (C=O) groups is 1. The summed E-state index contributed by atoms with van der Waals surface area (Å²) in [5.74, 6) is 3.34. The number of likely N-dealkylation sites (N-methyl/N-ethyl adjacent to an activating group) is 1. The number of Topliss-reactive ketones (excluding diaryl/α,β-unsaturated/α-hetero) is 1. The number of ketones is 1. The van der Waals surface area contributed by atoms with Crippen LogP contribution in [0, 0.1) is 40.4 Å². The zero-order valence-electron chi connectivity index (χ0n) is 19.5. The second-order valence-electron chi connectivity index (χ2n) is 11.4. The molecule has 1 N–H and O–H groups in total. The molecule has 4 heteroatoms. The van der Waals surface area contributed by atoms with Crippen LogP contribution in [0.1, 0.15) is 72.6 Å². The van der Waals surface area contributed by atoms with Gasteiger partial charge in [-0.1, -0.05) is 13.8 Å². The van der Waals surface area contributed by atoms with E-state index in [1.54, 1.807) is 0 Å². The molecule has 0 aromatic heterocycles. The molecule has 0 aromatic carbocycles. The van der Waals surface area contributed by atoms with Gasteiger partial charge in [0.2, 0.25) is 0 Å². The van der Waals surface area contributed by atoms with E-state index in [2.05, 4.69) is 32.8 Å². The summed E-state index contributed by atoms with van der Waals surface area (Å²) in [4.78, 5) is 14.7. The van der Waals surface area contributed by atoms with Crippen molar-refractivity contribution in [3.05, 3.63) is 0 Å². The second-order valence-corrected chi connectivity index (χ2v) is 11.4. The van der Waals surface area contributed by atoms with E-state index in [1.165, 1.54) is 32.1 Å². The molecule has 0 radical (unpaired) electrons. The summed E-state index contributed by atoms with van der Waals surface area (Å²) in [5, 5.41) is 11.0. The van der Waals surface area contributed by atoms with Crippen molar-refractivity contribution < 1.29 is 14.6 Å². The Morgan fingerprint density at radius 2 is 1.83 bits per heavy atom. The van der Waals surface area contributed by atoms with Crippen LogP contribution in [0.3, 0.4) is 0 Å². The van der Waals surface area contributed by atoms with Gasteiger partial charge in [-0.05, 0) is 107 Å². The number of aliphatic hydroxyl groups excluding tert-OH is 1. The zero-order chi connectivity index (χ0) is 21.1. The Morgan fingerprint density at radius 3 is 2.45 bits per heavy atom. The van der Waals surface area contributed by atoms with E-state index in [4.69, 9.17) is 4.74 Å². The number of hydrogen-bond acceptors (Lipinski definition) is 4. The smallest absolute Gasteiger partial charge is 0.133 e. The lowest BCUT2D eigenvalue weighted by molar-refractivity contribution is -0.209. The van der Waals surface area contributed by atoms with Gasteiger partial charge in [-0.3, -0.25) is 4.79 Å². The normalized spacial score (nSPS) is 52.0. The van der Waals surface area contributed by atoms with Gasteiger partial charge in [-0.15, -0.1) is 0 Å². The van der Waals surface area contributed by atoms with Crippen LogP contribution in [0.4, 0.5) is 0 Å². The fourth-order valence-corrected chi connectivity index (χ4v) is 9.20. The highest BCUT2D eigenvalue weighted by Crippen LogP contribution is 2.68. The fourth-order valence-electron chi connectivity index (χ4n) is 9.20. The van der Waals surface area contributed by atoms with Gasteiger partial charge in [0, 0.05) is 18.6 Å². The van der Waals surface area contributed by atoms with Gasteiger partial charge in [0.05, 0.1) is 12.2 Å². The number of aliphatic hydroxyl groups is 1. The van der Waals surface area contributed by atoms with Gasteiger partial charge in [0.1, 0.15) is 5.78 Å². The minimum absolute atomic E-state index is 0.100. The molecule has 4 saturated carbocycles. The Kier molecular flexibility index (Phi) is 5.71. The first-order valence-corrected chi connectivity index (χ1v) is 12.1. The van der Waals surface area contributed by atoms with Crippen LogP contribution >= 0.6 is 0 Å². The van der Waals surface area contributed by atoms with Gasteiger partial charge < -0.3 is 14.7 Å². The first-order valence-electron chi connectivity index (χ1n) is 12.1. The van der Waals surface area contributed by atoms with Gasteiger partial charge in [-0.2, -0.15) is 0 Å². The number of nitrogens with zero attached hydrogens (tertiary/aromatic N) is 1. The lowest BCUT2D eigenvalue weighted by Gasteiger charge is -2.65. The van der Waals surface area contributed by atoms with E-state index < -0.39 is 0 Å². The molecular formula is C25H43NO3. The molecular weight excluding hydrogens is 362 g/mol. The number of carbonyl (C=O) groups excluding carboxylic acids is 1. The Balaban J connectivity index is 1.70. The van der Waals surface area contributed by atoms with Crippen molar-refractivity contribution in [3.8, 4) is 0 Å². The van der Waals surface area contributed by atoms with Crippen molar-refractivity contribution in [2.75, 3.05) is 20.7 Å². The standard InChI is InChI=1S/C25H43NO3/c1-7-29-22-21(28)14-16-8-9-17-19-11-10-18(15(2)27)24(19,3)13-12-20(17)25(16,4)23(22)26(5)6/h16-23,28H,7-14H2,1-6H3/t16?,17-,18+,19-,20-,21?,22?,23?,24+,25-/m0/s1. The summed E-state index contributed by atoms with van der Waals surface area (Å²) in [5.41, 5.74) is 0.373. The highest BCUT2D eigenvalue weighted by molar-refractivity contribution is 5.79. The summed E-state index contributed by atoms with van der Waals surface area (Å²) >= 11 is 0. The maximum atomic E-state index is 12.4. The van der Waals surface area contributed by atoms with Crippen molar-refractivity contribution in [2.45, 2.75) is 90.9 Å². The van der Waals surface area contributed by atoms with Crippen LogP contribution in [-0.4, -0.2) is 54.7 Å². The molecule has 0 spiro atoms. The van der Waals surface area contributed by atoms with Crippen LogP contribution in [-0.2, 0) is 9.53 Å². The monoisotopic (exact) mass is 405 g/mol. The molecule has 4 rings (SSSR count). The third-order valence-corrected chi connectivity index (χ3v) is 10.2. The molecule has 0 heterocycles. The quantitative estimate of drug-likeness (QED) is 0.763. The predicted molar refractivity (Wildman–Crippen MR) is 116 cm³/mol. The molecule has 4 aliphatic carbocycles. The van der Waals surface area contributed by atoms with Crippen LogP contribution in [0.15, 0.2) is 0 Å². The Labute approximate surface area is 177 Å². The first-order chi connectivity index (χ1) is 13.7. The first kappa shape index (κ1) is 21.8. The molecule has 0 bridgehead atoms. The highest BCUT2D eigenvalue weighted by atomic mass is 16.5. The number of fused-ring (bicyclic) bond motifs is 5. The topological polar surface area (TPSA) is 49.8 Å². The number of ether oxygens (including phenoxy) is 1. The van der Waals surface area contributed by atoms with E-state index in [0.29, 0.717) is 30.1 Å². The average Bonchev–Trinajstić information content (AvgIpc) is 3.00. The molecule has 166 valence electrons. The predicted octanol–water partition coefficient (Wildman–Crippen LogP) is 4.15. The van der Waals surface area contributed by atoms with Crippen LogP contribution in [0.2, 0.25) is 0 Å². The molecule has 0 aliphatic heterocycles. The molecule has 10 atom stereocenters. The Bertz CT molecular complexity index is 636. The van der Waals surface area contributed by atoms with E-state index >= 15 is 0 Å². The van der Waals surface area contributed by atoms with Gasteiger partial charge in [0.25, 0.3) is 0 Å². The lowest BCUT2D eigenvalue weighted by atomic mass is 9.43. The van der Waals surface area contributed by atoms with Crippen LogP contribution < -0.4 is 0 Å². The van der Waals surface area contributed by atoms with Crippen LogP contribution in [0.5, 0.6) is 0 Å². The minimum atomic E-state index is -0.362. The van der Waals surface area contributed by atoms with E-state index in [9.17, 15) is 9.90 Å². The second kappa shape index (κ2) is 7.60. The summed E-state index contributed by atoms with van der Waals surface area (Å²) in [6.07, 6.45) is 7.66. The number of hydrogen-bond donors (Lipinski definition) is 1. The van der Waals surface area contributed by atoms with Crippen molar-refractivity contribution in [2.24, 2.45) is 40.4 Å². The van der Waals surface area contributed by atoms with Crippen molar-refractivity contribution >= 4 is 5.78 Å². The Morgan fingerprint density at radius 1 is 1.10 bits per heavy atom. The van der Waals surface area contributed by atoms with Gasteiger partial charge >= 0.3 is 0 Å². The molecule has 29 heavy (non-hydrogen) atoms. The molecule has 4 nitrogen and oxygen atoms in total. The van der Waals surface area contributed by atoms with Crippen molar-refractivity contribution in [1.29, 1.82) is 0 Å². The molecule has 4 aliphatic rings. The molecule has 4 unspecified atom stereocenters. The van der Waals surface area contributed by atoms with Crippen LogP contribution in [0.25, 0.3) is 0 Å². The van der Waals surface area contributed by atoms with Gasteiger partial charge in [0.15, 0.2) is 0 Å². The summed E-state index contributed by atoms with van der Waals surface area (Å²) in [6, 6.07) is 0.248. The average molecular weight is 406 g/mol. The molecule has 0 saturated heterocycles. The third-order valence-electron chi connectivity index (χ3n) is 10.2. The highest BCUT2D eigenvalue weighted by Gasteiger charge is 2.64. The zero-order valence-corrected chi connectivity index (χ0v) is 19.5. The maximum Gasteiger partial charge on any atom is 0.133 e. The number of rotatable bonds is 4. The Hall–Kier alpha value is -0.450. The summed E-state index contributed by atoms with van der Waals surface area (Å²) < 4.78 is 6.18. The SMILES string of the molecule is CCOC1C(O)CC2CC[C@@H]3[C@H](CC[C@]4(C)[C@@H](C(C)=O)CC[C@@H]34)[C@@]2(C)C1N(C)C. The van der Waals surface area contributed by atoms with Crippen molar-refractivity contribution in [1.82, 2.24) is 4.90 Å². The van der Waals surface area contributed by atoms with Gasteiger partial charge in [-0.25, -0.2) is 0 Å². The lowest BCUT2D eigenvalue weighted by Crippen LogP contribution is -2.68. The summed E-state index contributed by atoms with van der Waals surface area (Å²) in [7, 11) is 4.35. The van der Waals surface area contributed by atoms with Crippen molar-refractivity contribution in [3.63, 3.8) is 0 Å².